The van der Waals surface area contributed by atoms with Crippen LogP contribution in [0.2, 0.25) is 0 Å². The molecule has 0 spiro atoms. The lowest BCUT2D eigenvalue weighted by atomic mass is 10.1. The Balaban J connectivity index is 1.92. The Morgan fingerprint density at radius 1 is 1.17 bits per heavy atom. The lowest BCUT2D eigenvalue weighted by molar-refractivity contribution is -0.113. The first kappa shape index (κ1) is 16.7. The molecule has 1 fully saturated rings. The Morgan fingerprint density at radius 3 is 2.54 bits per heavy atom. The van der Waals surface area contributed by atoms with Gasteiger partial charge in [0.25, 0.3) is 5.91 Å². The highest BCUT2D eigenvalue weighted by atomic mass is 32.2. The molecular weight excluding hydrogens is 336 g/mol. The standard InChI is InChI=1S/C19H18N2OS2/c1-3-14-6-4-5-7-17(14)21-18(22)16(20-19(21)23)12-13-8-10-15(24-2)11-9-13/h4-12H,3H2,1-2H3,(H,20,23)/b16-12+. The molecule has 0 unspecified atom stereocenters. The molecule has 1 heterocycles. The summed E-state index contributed by atoms with van der Waals surface area (Å²) in [6, 6.07) is 15.9. The topological polar surface area (TPSA) is 32.3 Å². The van der Waals surface area contributed by atoms with Gasteiger partial charge in [0.2, 0.25) is 0 Å². The zero-order valence-electron chi connectivity index (χ0n) is 13.6. The molecule has 122 valence electrons. The van der Waals surface area contributed by atoms with Gasteiger partial charge in [-0.2, -0.15) is 0 Å². The van der Waals surface area contributed by atoms with Crippen molar-refractivity contribution in [3.8, 4) is 0 Å². The molecule has 2 aromatic carbocycles. The first-order chi connectivity index (χ1) is 11.6. The minimum Gasteiger partial charge on any atom is -0.327 e. The van der Waals surface area contributed by atoms with Gasteiger partial charge in [0.1, 0.15) is 5.70 Å². The third-order valence-electron chi connectivity index (χ3n) is 3.92. The molecule has 3 rings (SSSR count). The molecule has 3 nitrogen and oxygen atoms in total. The van der Waals surface area contributed by atoms with E-state index in [0.29, 0.717) is 10.8 Å². The van der Waals surface area contributed by atoms with Gasteiger partial charge in [0, 0.05) is 4.90 Å². The second-order valence-electron chi connectivity index (χ2n) is 5.38. The van der Waals surface area contributed by atoms with Crippen molar-refractivity contribution in [1.29, 1.82) is 0 Å². The maximum absolute atomic E-state index is 12.8. The number of carbonyl (C=O) groups excluding carboxylic acids is 1. The van der Waals surface area contributed by atoms with Crippen molar-refractivity contribution < 1.29 is 4.79 Å². The van der Waals surface area contributed by atoms with Crippen LogP contribution in [0.25, 0.3) is 6.08 Å². The number of hydrogen-bond acceptors (Lipinski definition) is 3. The molecule has 1 saturated heterocycles. The summed E-state index contributed by atoms with van der Waals surface area (Å²) in [5.41, 5.74) is 3.42. The molecular formula is C19H18N2OS2. The van der Waals surface area contributed by atoms with E-state index in [-0.39, 0.29) is 5.91 Å². The van der Waals surface area contributed by atoms with Gasteiger partial charge < -0.3 is 5.32 Å². The average Bonchev–Trinajstić information content (AvgIpc) is 2.89. The number of nitrogens with one attached hydrogen (secondary N) is 1. The Kier molecular flexibility index (Phi) is 5.02. The van der Waals surface area contributed by atoms with Crippen molar-refractivity contribution >= 4 is 46.8 Å². The summed E-state index contributed by atoms with van der Waals surface area (Å²) in [6.45, 7) is 2.07. The monoisotopic (exact) mass is 354 g/mol. The largest absolute Gasteiger partial charge is 0.327 e. The fourth-order valence-electron chi connectivity index (χ4n) is 2.65. The van der Waals surface area contributed by atoms with Gasteiger partial charge in [-0.3, -0.25) is 9.69 Å². The van der Waals surface area contributed by atoms with Crippen LogP contribution in [-0.4, -0.2) is 17.3 Å². The van der Waals surface area contributed by atoms with E-state index in [9.17, 15) is 4.79 Å². The number of para-hydroxylation sites is 1. The molecule has 0 aliphatic carbocycles. The lowest BCUT2D eigenvalue weighted by Gasteiger charge is -2.17. The molecule has 0 aromatic heterocycles. The Labute approximate surface area is 151 Å². The summed E-state index contributed by atoms with van der Waals surface area (Å²) in [5.74, 6) is -0.116. The van der Waals surface area contributed by atoms with Crippen LogP contribution in [0, 0.1) is 0 Å². The second kappa shape index (κ2) is 7.20. The van der Waals surface area contributed by atoms with E-state index < -0.39 is 0 Å². The van der Waals surface area contributed by atoms with E-state index in [0.717, 1.165) is 23.2 Å². The fraction of sp³-hybridized carbons (Fsp3) is 0.158. The predicted molar refractivity (Wildman–Crippen MR) is 105 cm³/mol. The quantitative estimate of drug-likeness (QED) is 0.506. The summed E-state index contributed by atoms with van der Waals surface area (Å²) in [5, 5.41) is 3.47. The van der Waals surface area contributed by atoms with Gasteiger partial charge >= 0.3 is 0 Å². The van der Waals surface area contributed by atoms with Crippen molar-refractivity contribution in [1.82, 2.24) is 5.32 Å². The number of carbonyl (C=O) groups is 1. The van der Waals surface area contributed by atoms with E-state index >= 15 is 0 Å². The first-order valence-corrected chi connectivity index (χ1v) is 9.36. The van der Waals surface area contributed by atoms with Gasteiger partial charge in [0.05, 0.1) is 5.69 Å². The van der Waals surface area contributed by atoms with Crippen molar-refractivity contribution in [2.75, 3.05) is 11.2 Å². The highest BCUT2D eigenvalue weighted by Crippen LogP contribution is 2.26. The molecule has 1 N–H and O–H groups in total. The van der Waals surface area contributed by atoms with Crippen molar-refractivity contribution in [2.24, 2.45) is 0 Å². The number of hydrogen-bond donors (Lipinski definition) is 1. The second-order valence-corrected chi connectivity index (χ2v) is 6.65. The number of nitrogens with zero attached hydrogens (tertiary/aromatic N) is 1. The van der Waals surface area contributed by atoms with Crippen LogP contribution in [0.15, 0.2) is 59.1 Å². The Hall–Kier alpha value is -2.11. The molecule has 1 amide bonds. The number of aryl methyl sites for hydroxylation is 1. The van der Waals surface area contributed by atoms with E-state index in [1.54, 1.807) is 16.7 Å². The molecule has 1 aliphatic heterocycles. The minimum absolute atomic E-state index is 0.116. The molecule has 2 aromatic rings. The lowest BCUT2D eigenvalue weighted by Crippen LogP contribution is -2.31. The average molecular weight is 354 g/mol. The van der Waals surface area contributed by atoms with Crippen LogP contribution >= 0.6 is 24.0 Å². The van der Waals surface area contributed by atoms with Crippen LogP contribution in [0.4, 0.5) is 5.69 Å². The Morgan fingerprint density at radius 2 is 1.88 bits per heavy atom. The molecule has 0 atom stereocenters. The van der Waals surface area contributed by atoms with Gasteiger partial charge in [-0.05, 0) is 60.3 Å². The van der Waals surface area contributed by atoms with E-state index in [4.69, 9.17) is 12.2 Å². The molecule has 1 aliphatic rings. The summed E-state index contributed by atoms with van der Waals surface area (Å²) < 4.78 is 0. The van der Waals surface area contributed by atoms with Crippen LogP contribution in [-0.2, 0) is 11.2 Å². The SMILES string of the molecule is CCc1ccccc1N1C(=O)/C(=C\c2ccc(SC)cc2)NC1=S. The van der Waals surface area contributed by atoms with Crippen LogP contribution in [0.3, 0.4) is 0 Å². The van der Waals surface area contributed by atoms with Crippen molar-refractivity contribution in [2.45, 2.75) is 18.2 Å². The highest BCUT2D eigenvalue weighted by molar-refractivity contribution is 7.98. The molecule has 0 radical (unpaired) electrons. The van der Waals surface area contributed by atoms with E-state index in [1.807, 2.05) is 60.9 Å². The predicted octanol–water partition coefficient (Wildman–Crippen LogP) is 4.23. The van der Waals surface area contributed by atoms with Crippen LogP contribution in [0.1, 0.15) is 18.1 Å². The molecule has 24 heavy (non-hydrogen) atoms. The van der Waals surface area contributed by atoms with Crippen molar-refractivity contribution in [3.05, 3.63) is 65.4 Å². The normalized spacial score (nSPS) is 15.9. The molecule has 0 bridgehead atoms. The third-order valence-corrected chi connectivity index (χ3v) is 4.95. The fourth-order valence-corrected chi connectivity index (χ4v) is 3.35. The van der Waals surface area contributed by atoms with Crippen molar-refractivity contribution in [3.63, 3.8) is 0 Å². The molecule has 5 heteroatoms. The Bertz CT molecular complexity index is 812. The number of benzene rings is 2. The number of rotatable bonds is 4. The number of anilines is 1. The van der Waals surface area contributed by atoms with Gasteiger partial charge in [-0.25, -0.2) is 0 Å². The summed E-state index contributed by atoms with van der Waals surface area (Å²) in [7, 11) is 0. The van der Waals surface area contributed by atoms with Crippen LogP contribution < -0.4 is 10.2 Å². The summed E-state index contributed by atoms with van der Waals surface area (Å²) in [4.78, 5) is 15.6. The van der Waals surface area contributed by atoms with Gasteiger partial charge in [0.15, 0.2) is 5.11 Å². The van der Waals surface area contributed by atoms with Gasteiger partial charge in [-0.1, -0.05) is 37.3 Å². The first-order valence-electron chi connectivity index (χ1n) is 7.73. The number of amides is 1. The number of thiocarbonyl (C=S) groups is 1. The molecule has 0 saturated carbocycles. The minimum atomic E-state index is -0.116. The zero-order valence-corrected chi connectivity index (χ0v) is 15.2. The van der Waals surface area contributed by atoms with Crippen LogP contribution in [0.5, 0.6) is 0 Å². The summed E-state index contributed by atoms with van der Waals surface area (Å²) >= 11 is 7.08. The van der Waals surface area contributed by atoms with Gasteiger partial charge in [-0.15, -0.1) is 11.8 Å². The summed E-state index contributed by atoms with van der Waals surface area (Å²) in [6.07, 6.45) is 4.72. The maximum atomic E-state index is 12.8. The zero-order chi connectivity index (χ0) is 17.1. The van der Waals surface area contributed by atoms with E-state index in [1.165, 1.54) is 4.90 Å². The highest BCUT2D eigenvalue weighted by Gasteiger charge is 2.32. The third kappa shape index (κ3) is 3.23. The number of thioether (sulfide) groups is 1. The smallest absolute Gasteiger partial charge is 0.281 e. The maximum Gasteiger partial charge on any atom is 0.281 e. The van der Waals surface area contributed by atoms with E-state index in [2.05, 4.69) is 12.2 Å².